The lowest BCUT2D eigenvalue weighted by Gasteiger charge is -2.11. The van der Waals surface area contributed by atoms with Crippen LogP contribution in [0.5, 0.6) is 0 Å². The highest BCUT2D eigenvalue weighted by molar-refractivity contribution is 6.07. The third-order valence-electron chi connectivity index (χ3n) is 3.91. The number of benzene rings is 1. The highest BCUT2D eigenvalue weighted by atomic mass is 16.1. The summed E-state index contributed by atoms with van der Waals surface area (Å²) in [5, 5.41) is 6.11. The highest BCUT2D eigenvalue weighted by Gasteiger charge is 2.12. The molecule has 0 saturated carbocycles. The Morgan fingerprint density at radius 3 is 2.46 bits per heavy atom. The summed E-state index contributed by atoms with van der Waals surface area (Å²) >= 11 is 0. The smallest absolute Gasteiger partial charge is 0.259 e. The molecule has 1 aromatic carbocycles. The summed E-state index contributed by atoms with van der Waals surface area (Å²) in [6, 6.07) is 15.0. The van der Waals surface area contributed by atoms with Crippen LogP contribution in [0.15, 0.2) is 67.1 Å². The van der Waals surface area contributed by atoms with Crippen molar-refractivity contribution in [2.75, 3.05) is 17.2 Å². The Hall–Kier alpha value is -3.25. The zero-order valence-corrected chi connectivity index (χ0v) is 14.4. The van der Waals surface area contributed by atoms with Crippen LogP contribution in [0.3, 0.4) is 0 Å². The van der Waals surface area contributed by atoms with Gasteiger partial charge in [0.05, 0.1) is 5.56 Å². The SMILES string of the molecule is NCCc1ccc(NC(=O)c2cccnc2NCc2ccncc2)cc1. The average Bonchev–Trinajstić information content (AvgIpc) is 2.69. The van der Waals surface area contributed by atoms with Crippen molar-refractivity contribution in [1.29, 1.82) is 0 Å². The van der Waals surface area contributed by atoms with Gasteiger partial charge in [-0.25, -0.2) is 4.98 Å². The number of nitrogens with two attached hydrogens (primary N) is 1. The summed E-state index contributed by atoms with van der Waals surface area (Å²) in [6.45, 7) is 1.17. The third kappa shape index (κ3) is 4.64. The van der Waals surface area contributed by atoms with Crippen molar-refractivity contribution in [2.24, 2.45) is 5.73 Å². The van der Waals surface area contributed by atoms with Gasteiger partial charge in [-0.15, -0.1) is 0 Å². The van der Waals surface area contributed by atoms with Crippen LogP contribution in [-0.4, -0.2) is 22.4 Å². The molecule has 0 spiro atoms. The Kier molecular flexibility index (Phi) is 5.90. The number of anilines is 2. The van der Waals surface area contributed by atoms with Crippen molar-refractivity contribution >= 4 is 17.4 Å². The first-order chi connectivity index (χ1) is 12.8. The predicted octanol–water partition coefficient (Wildman–Crippen LogP) is 2.84. The monoisotopic (exact) mass is 347 g/mol. The first kappa shape index (κ1) is 17.6. The molecule has 0 aliphatic heterocycles. The predicted molar refractivity (Wildman–Crippen MR) is 103 cm³/mol. The molecule has 0 aliphatic rings. The third-order valence-corrected chi connectivity index (χ3v) is 3.91. The maximum absolute atomic E-state index is 12.6. The van der Waals surface area contributed by atoms with Crippen LogP contribution < -0.4 is 16.4 Å². The summed E-state index contributed by atoms with van der Waals surface area (Å²) in [5.74, 6) is 0.337. The van der Waals surface area contributed by atoms with E-state index in [1.165, 1.54) is 0 Å². The van der Waals surface area contributed by atoms with Gasteiger partial charge in [0, 0.05) is 30.8 Å². The van der Waals surface area contributed by atoms with Crippen LogP contribution in [0, 0.1) is 0 Å². The van der Waals surface area contributed by atoms with E-state index in [0.717, 1.165) is 23.2 Å². The molecule has 3 rings (SSSR count). The van der Waals surface area contributed by atoms with Crippen molar-refractivity contribution in [2.45, 2.75) is 13.0 Å². The van der Waals surface area contributed by atoms with Gasteiger partial charge in [0.25, 0.3) is 5.91 Å². The molecular formula is C20H21N5O. The molecule has 2 heterocycles. The van der Waals surface area contributed by atoms with E-state index in [1.807, 2.05) is 36.4 Å². The topological polar surface area (TPSA) is 92.9 Å². The van der Waals surface area contributed by atoms with Gasteiger partial charge in [-0.2, -0.15) is 0 Å². The molecule has 0 aliphatic carbocycles. The van der Waals surface area contributed by atoms with Gasteiger partial charge < -0.3 is 16.4 Å². The quantitative estimate of drug-likeness (QED) is 0.611. The van der Waals surface area contributed by atoms with Crippen LogP contribution >= 0.6 is 0 Å². The number of aromatic nitrogens is 2. The number of nitrogens with one attached hydrogen (secondary N) is 2. The van der Waals surface area contributed by atoms with E-state index in [9.17, 15) is 4.79 Å². The van der Waals surface area contributed by atoms with E-state index in [2.05, 4.69) is 20.6 Å². The number of carbonyl (C=O) groups is 1. The molecule has 4 N–H and O–H groups in total. The van der Waals surface area contributed by atoms with Crippen molar-refractivity contribution in [3.8, 4) is 0 Å². The number of rotatable bonds is 7. The van der Waals surface area contributed by atoms with E-state index in [0.29, 0.717) is 24.5 Å². The number of amides is 1. The summed E-state index contributed by atoms with van der Waals surface area (Å²) in [5.41, 5.74) is 8.99. The molecule has 0 unspecified atom stereocenters. The molecule has 0 saturated heterocycles. The molecule has 0 bridgehead atoms. The van der Waals surface area contributed by atoms with Crippen molar-refractivity contribution < 1.29 is 4.79 Å². The highest BCUT2D eigenvalue weighted by Crippen LogP contribution is 2.16. The molecule has 132 valence electrons. The molecule has 0 fully saturated rings. The summed E-state index contributed by atoms with van der Waals surface area (Å²) < 4.78 is 0. The second kappa shape index (κ2) is 8.73. The van der Waals surface area contributed by atoms with Gasteiger partial charge in [-0.1, -0.05) is 12.1 Å². The van der Waals surface area contributed by atoms with E-state index < -0.39 is 0 Å². The lowest BCUT2D eigenvalue weighted by atomic mass is 10.1. The lowest BCUT2D eigenvalue weighted by Crippen LogP contribution is -2.15. The van der Waals surface area contributed by atoms with Crippen molar-refractivity contribution in [3.05, 3.63) is 83.8 Å². The van der Waals surface area contributed by atoms with Gasteiger partial charge in [0.1, 0.15) is 5.82 Å². The Labute approximate surface area is 152 Å². The van der Waals surface area contributed by atoms with E-state index >= 15 is 0 Å². The number of nitrogens with zero attached hydrogens (tertiary/aromatic N) is 2. The maximum atomic E-state index is 12.6. The molecular weight excluding hydrogens is 326 g/mol. The maximum Gasteiger partial charge on any atom is 0.259 e. The normalized spacial score (nSPS) is 10.3. The minimum atomic E-state index is -0.207. The summed E-state index contributed by atoms with van der Waals surface area (Å²) in [6.07, 6.45) is 5.95. The second-order valence-corrected chi connectivity index (χ2v) is 5.80. The largest absolute Gasteiger partial charge is 0.365 e. The van der Waals surface area contributed by atoms with Crippen LogP contribution in [0.25, 0.3) is 0 Å². The van der Waals surface area contributed by atoms with E-state index in [-0.39, 0.29) is 5.91 Å². The molecule has 26 heavy (non-hydrogen) atoms. The number of pyridine rings is 2. The average molecular weight is 347 g/mol. The van der Waals surface area contributed by atoms with Gasteiger partial charge in [-0.3, -0.25) is 9.78 Å². The molecule has 3 aromatic rings. The first-order valence-electron chi connectivity index (χ1n) is 8.44. The van der Waals surface area contributed by atoms with Gasteiger partial charge in [0.15, 0.2) is 0 Å². The van der Waals surface area contributed by atoms with Crippen LogP contribution in [0.2, 0.25) is 0 Å². The molecule has 6 heteroatoms. The van der Waals surface area contributed by atoms with E-state index in [1.54, 1.807) is 30.7 Å². The fourth-order valence-electron chi connectivity index (χ4n) is 2.54. The first-order valence-corrected chi connectivity index (χ1v) is 8.44. The summed E-state index contributed by atoms with van der Waals surface area (Å²) in [7, 11) is 0. The van der Waals surface area contributed by atoms with Crippen LogP contribution in [0.4, 0.5) is 11.5 Å². The Balaban J connectivity index is 1.69. The second-order valence-electron chi connectivity index (χ2n) is 5.80. The molecule has 0 atom stereocenters. The number of hydrogen-bond donors (Lipinski definition) is 3. The Morgan fingerprint density at radius 1 is 0.962 bits per heavy atom. The summed E-state index contributed by atoms with van der Waals surface area (Å²) in [4.78, 5) is 20.9. The minimum Gasteiger partial charge on any atom is -0.365 e. The lowest BCUT2D eigenvalue weighted by molar-refractivity contribution is 0.102. The zero-order valence-electron chi connectivity index (χ0n) is 14.4. The molecule has 6 nitrogen and oxygen atoms in total. The minimum absolute atomic E-state index is 0.207. The van der Waals surface area contributed by atoms with Crippen LogP contribution in [-0.2, 0) is 13.0 Å². The fourth-order valence-corrected chi connectivity index (χ4v) is 2.54. The fraction of sp³-hybridized carbons (Fsp3) is 0.150. The van der Waals surface area contributed by atoms with E-state index in [4.69, 9.17) is 5.73 Å². The van der Waals surface area contributed by atoms with Gasteiger partial charge in [-0.05, 0) is 60.5 Å². The Bertz CT molecular complexity index is 850. The Morgan fingerprint density at radius 2 is 1.73 bits per heavy atom. The molecule has 1 amide bonds. The van der Waals surface area contributed by atoms with Gasteiger partial charge >= 0.3 is 0 Å². The molecule has 2 aromatic heterocycles. The van der Waals surface area contributed by atoms with Crippen molar-refractivity contribution in [1.82, 2.24) is 9.97 Å². The standard InChI is InChI=1S/C20H21N5O/c21-10-7-15-3-5-17(6-4-15)25-20(26)18-2-1-11-23-19(18)24-14-16-8-12-22-13-9-16/h1-6,8-9,11-13H,7,10,14,21H2,(H,23,24)(H,25,26). The van der Waals surface area contributed by atoms with Gasteiger partial charge in [0.2, 0.25) is 0 Å². The van der Waals surface area contributed by atoms with Crippen LogP contribution in [0.1, 0.15) is 21.5 Å². The number of carbonyl (C=O) groups excluding carboxylic acids is 1. The molecule has 0 radical (unpaired) electrons. The van der Waals surface area contributed by atoms with Crippen molar-refractivity contribution in [3.63, 3.8) is 0 Å². The number of hydrogen-bond acceptors (Lipinski definition) is 5. The zero-order chi connectivity index (χ0) is 18.2.